The first-order valence-corrected chi connectivity index (χ1v) is 5.14. The molecular weight excluding hydrogens is 176 g/mol. The molecule has 0 fully saturated rings. The monoisotopic (exact) mass is 194 g/mol. The van der Waals surface area contributed by atoms with Gasteiger partial charge in [0.2, 0.25) is 0 Å². The third-order valence-electron chi connectivity index (χ3n) is 2.23. The van der Waals surface area contributed by atoms with Crippen molar-refractivity contribution in [3.05, 3.63) is 35.4 Å². The normalized spacial score (nSPS) is 10.4. The van der Waals surface area contributed by atoms with E-state index in [9.17, 15) is 0 Å². The molecule has 0 aliphatic heterocycles. The fourth-order valence-electron chi connectivity index (χ4n) is 1.46. The van der Waals surface area contributed by atoms with Crippen LogP contribution in [-0.2, 0) is 17.8 Å². The lowest BCUT2D eigenvalue weighted by Gasteiger charge is -2.06. The number of ether oxygens (including phenoxy) is 1. The maximum Gasteiger partial charge on any atom is 0.0684 e. The summed E-state index contributed by atoms with van der Waals surface area (Å²) in [5, 5.41) is 9.09. The van der Waals surface area contributed by atoms with Crippen LogP contribution in [-0.4, -0.2) is 18.3 Å². The predicted octanol–water partition coefficient (Wildman–Crippen LogP) is 2.15. The van der Waals surface area contributed by atoms with Crippen molar-refractivity contribution in [1.82, 2.24) is 0 Å². The molecule has 0 heterocycles. The molecule has 14 heavy (non-hydrogen) atoms. The number of aliphatic hydroxyl groups excluding tert-OH is 1. The van der Waals surface area contributed by atoms with Crippen molar-refractivity contribution < 1.29 is 9.84 Å². The van der Waals surface area contributed by atoms with E-state index in [1.54, 1.807) is 0 Å². The molecule has 78 valence electrons. The Morgan fingerprint density at radius 3 is 2.57 bits per heavy atom. The molecule has 2 nitrogen and oxygen atoms in total. The van der Waals surface area contributed by atoms with Crippen LogP contribution in [0.3, 0.4) is 0 Å². The SMILES string of the molecule is CCOCCCc1ccccc1CO. The minimum Gasteiger partial charge on any atom is -0.392 e. The van der Waals surface area contributed by atoms with Crippen LogP contribution in [0, 0.1) is 0 Å². The summed E-state index contributed by atoms with van der Waals surface area (Å²) < 4.78 is 5.27. The molecule has 0 bridgehead atoms. The van der Waals surface area contributed by atoms with E-state index in [-0.39, 0.29) is 6.61 Å². The number of hydrogen-bond donors (Lipinski definition) is 1. The van der Waals surface area contributed by atoms with Gasteiger partial charge in [-0.25, -0.2) is 0 Å². The quantitative estimate of drug-likeness (QED) is 0.703. The number of rotatable bonds is 6. The molecule has 0 saturated carbocycles. The predicted molar refractivity (Wildman–Crippen MR) is 57.2 cm³/mol. The minimum atomic E-state index is 0.130. The molecule has 1 rings (SSSR count). The second kappa shape index (κ2) is 6.57. The van der Waals surface area contributed by atoms with Crippen molar-refractivity contribution in [2.45, 2.75) is 26.4 Å². The maximum atomic E-state index is 9.09. The van der Waals surface area contributed by atoms with Gasteiger partial charge in [0.15, 0.2) is 0 Å². The Kier molecular flexibility index (Phi) is 5.27. The Morgan fingerprint density at radius 1 is 1.21 bits per heavy atom. The number of aliphatic hydroxyl groups is 1. The van der Waals surface area contributed by atoms with Gasteiger partial charge in [-0.05, 0) is 30.9 Å². The van der Waals surface area contributed by atoms with Gasteiger partial charge in [0.25, 0.3) is 0 Å². The van der Waals surface area contributed by atoms with Crippen LogP contribution in [0.4, 0.5) is 0 Å². The molecule has 0 atom stereocenters. The maximum absolute atomic E-state index is 9.09. The summed E-state index contributed by atoms with van der Waals surface area (Å²) >= 11 is 0. The second-order valence-corrected chi connectivity index (χ2v) is 3.23. The lowest BCUT2D eigenvalue weighted by atomic mass is 10.0. The first kappa shape index (κ1) is 11.2. The first-order chi connectivity index (χ1) is 6.88. The van der Waals surface area contributed by atoms with E-state index in [1.165, 1.54) is 5.56 Å². The Balaban J connectivity index is 2.41. The van der Waals surface area contributed by atoms with E-state index in [1.807, 2.05) is 25.1 Å². The zero-order valence-corrected chi connectivity index (χ0v) is 8.70. The Hall–Kier alpha value is -0.860. The number of aryl methyl sites for hydroxylation is 1. The fraction of sp³-hybridized carbons (Fsp3) is 0.500. The summed E-state index contributed by atoms with van der Waals surface area (Å²) in [6.07, 6.45) is 2.00. The van der Waals surface area contributed by atoms with Crippen molar-refractivity contribution in [1.29, 1.82) is 0 Å². The van der Waals surface area contributed by atoms with E-state index >= 15 is 0 Å². The van der Waals surface area contributed by atoms with Gasteiger partial charge >= 0.3 is 0 Å². The molecule has 0 aromatic heterocycles. The molecule has 0 spiro atoms. The van der Waals surface area contributed by atoms with Gasteiger partial charge in [0.1, 0.15) is 0 Å². The van der Waals surface area contributed by atoms with E-state index < -0.39 is 0 Å². The average Bonchev–Trinajstić information content (AvgIpc) is 2.25. The molecule has 0 radical (unpaired) electrons. The summed E-state index contributed by atoms with van der Waals surface area (Å²) in [7, 11) is 0. The lowest BCUT2D eigenvalue weighted by molar-refractivity contribution is 0.145. The van der Waals surface area contributed by atoms with Gasteiger partial charge in [0.05, 0.1) is 6.61 Å². The summed E-state index contributed by atoms with van der Waals surface area (Å²) in [4.78, 5) is 0. The minimum absolute atomic E-state index is 0.130. The second-order valence-electron chi connectivity index (χ2n) is 3.23. The van der Waals surface area contributed by atoms with Crippen molar-refractivity contribution in [3.63, 3.8) is 0 Å². The molecular formula is C12H18O2. The van der Waals surface area contributed by atoms with E-state index in [2.05, 4.69) is 6.07 Å². The lowest BCUT2D eigenvalue weighted by Crippen LogP contribution is -1.98. The molecule has 1 N–H and O–H groups in total. The third kappa shape index (κ3) is 3.48. The van der Waals surface area contributed by atoms with Gasteiger partial charge in [0, 0.05) is 13.2 Å². The van der Waals surface area contributed by atoms with Crippen LogP contribution in [0.2, 0.25) is 0 Å². The standard InChI is InChI=1S/C12H18O2/c1-2-14-9-5-8-11-6-3-4-7-12(11)10-13/h3-4,6-7,13H,2,5,8-10H2,1H3. The molecule has 0 aliphatic rings. The summed E-state index contributed by atoms with van der Waals surface area (Å²) in [6, 6.07) is 8.00. The highest BCUT2D eigenvalue weighted by atomic mass is 16.5. The number of hydrogen-bond acceptors (Lipinski definition) is 2. The molecule has 0 saturated heterocycles. The van der Waals surface area contributed by atoms with Crippen LogP contribution in [0.1, 0.15) is 24.5 Å². The summed E-state index contributed by atoms with van der Waals surface area (Å²) in [5.41, 5.74) is 2.26. The van der Waals surface area contributed by atoms with Crippen LogP contribution < -0.4 is 0 Å². The Bertz CT molecular complexity index is 258. The average molecular weight is 194 g/mol. The highest BCUT2D eigenvalue weighted by Crippen LogP contribution is 2.10. The van der Waals surface area contributed by atoms with Crippen molar-refractivity contribution in [2.75, 3.05) is 13.2 Å². The van der Waals surface area contributed by atoms with Gasteiger partial charge in [-0.1, -0.05) is 24.3 Å². The molecule has 0 amide bonds. The third-order valence-corrected chi connectivity index (χ3v) is 2.23. The van der Waals surface area contributed by atoms with Crippen molar-refractivity contribution >= 4 is 0 Å². The van der Waals surface area contributed by atoms with Crippen molar-refractivity contribution in [3.8, 4) is 0 Å². The van der Waals surface area contributed by atoms with Crippen molar-refractivity contribution in [2.24, 2.45) is 0 Å². The highest BCUT2D eigenvalue weighted by molar-refractivity contribution is 5.26. The van der Waals surface area contributed by atoms with Crippen LogP contribution >= 0.6 is 0 Å². The Labute approximate surface area is 85.5 Å². The van der Waals surface area contributed by atoms with E-state index in [0.717, 1.165) is 31.6 Å². The molecule has 0 unspecified atom stereocenters. The summed E-state index contributed by atoms with van der Waals surface area (Å²) in [5.74, 6) is 0. The van der Waals surface area contributed by atoms with Gasteiger partial charge in [-0.2, -0.15) is 0 Å². The summed E-state index contributed by atoms with van der Waals surface area (Å²) in [6.45, 7) is 3.71. The highest BCUT2D eigenvalue weighted by Gasteiger charge is 1.99. The number of benzene rings is 1. The largest absolute Gasteiger partial charge is 0.392 e. The van der Waals surface area contributed by atoms with Crippen LogP contribution in [0.5, 0.6) is 0 Å². The zero-order chi connectivity index (χ0) is 10.2. The molecule has 0 aliphatic carbocycles. The Morgan fingerprint density at radius 2 is 1.93 bits per heavy atom. The van der Waals surface area contributed by atoms with Gasteiger partial charge < -0.3 is 9.84 Å². The molecule has 1 aromatic rings. The van der Waals surface area contributed by atoms with Crippen LogP contribution in [0.25, 0.3) is 0 Å². The van der Waals surface area contributed by atoms with E-state index in [0.29, 0.717) is 0 Å². The van der Waals surface area contributed by atoms with Gasteiger partial charge in [-0.15, -0.1) is 0 Å². The van der Waals surface area contributed by atoms with E-state index in [4.69, 9.17) is 9.84 Å². The topological polar surface area (TPSA) is 29.5 Å². The van der Waals surface area contributed by atoms with Gasteiger partial charge in [-0.3, -0.25) is 0 Å². The van der Waals surface area contributed by atoms with Crippen LogP contribution in [0.15, 0.2) is 24.3 Å². The molecule has 2 heteroatoms. The fourth-order valence-corrected chi connectivity index (χ4v) is 1.46. The zero-order valence-electron chi connectivity index (χ0n) is 8.70. The first-order valence-electron chi connectivity index (χ1n) is 5.14. The molecule has 1 aromatic carbocycles. The smallest absolute Gasteiger partial charge is 0.0684 e.